The first-order valence-electron chi connectivity index (χ1n) is 7.56. The van der Waals surface area contributed by atoms with Crippen LogP contribution in [-0.2, 0) is 4.79 Å². The Morgan fingerprint density at radius 3 is 2.50 bits per heavy atom. The Morgan fingerprint density at radius 1 is 1.08 bits per heavy atom. The van der Waals surface area contributed by atoms with Gasteiger partial charge in [0, 0.05) is 6.08 Å². The summed E-state index contributed by atoms with van der Waals surface area (Å²) in [6, 6.07) is 11.7. The van der Waals surface area contributed by atoms with E-state index in [2.05, 4.69) is 10.5 Å². The van der Waals surface area contributed by atoms with E-state index in [1.165, 1.54) is 19.3 Å². The fourth-order valence-electron chi connectivity index (χ4n) is 2.20. The maximum atomic E-state index is 12.2. The van der Waals surface area contributed by atoms with Crippen LogP contribution in [0.3, 0.4) is 0 Å². The topological polar surface area (TPSA) is 113 Å². The van der Waals surface area contributed by atoms with E-state index in [-0.39, 0.29) is 5.56 Å². The summed E-state index contributed by atoms with van der Waals surface area (Å²) in [4.78, 5) is 24.0. The number of amides is 2. The van der Waals surface area contributed by atoms with Gasteiger partial charge in [-0.15, -0.1) is 0 Å². The molecule has 0 aliphatic rings. The van der Waals surface area contributed by atoms with Crippen molar-refractivity contribution in [1.82, 2.24) is 5.43 Å². The minimum atomic E-state index is -0.584. The molecule has 0 atom stereocenters. The van der Waals surface area contributed by atoms with Crippen LogP contribution < -0.4 is 20.2 Å². The molecule has 26 heavy (non-hydrogen) atoms. The van der Waals surface area contributed by atoms with Crippen LogP contribution in [0.15, 0.2) is 53.8 Å². The van der Waals surface area contributed by atoms with Crippen molar-refractivity contribution in [2.75, 3.05) is 19.5 Å². The number of hydrogen-bond acceptors (Lipinski definition) is 6. The lowest BCUT2D eigenvalue weighted by molar-refractivity contribution is -0.111. The van der Waals surface area contributed by atoms with Gasteiger partial charge in [-0.05, 0) is 35.9 Å². The first kappa shape index (κ1) is 18.7. The molecule has 8 heteroatoms. The number of anilines is 1. The van der Waals surface area contributed by atoms with Crippen LogP contribution in [0.1, 0.15) is 15.9 Å². The average molecular weight is 354 g/mol. The van der Waals surface area contributed by atoms with Gasteiger partial charge in [-0.3, -0.25) is 9.59 Å². The number of methoxy groups -OCH3 is 2. The second-order valence-electron chi connectivity index (χ2n) is 5.04. The maximum absolute atomic E-state index is 12.2. The Bertz CT molecular complexity index is 849. The Labute approximate surface area is 150 Å². The molecular formula is C18H18N4O4. The highest BCUT2D eigenvalue weighted by Gasteiger charge is 2.11. The number of benzene rings is 2. The molecule has 0 radical (unpaired) electrons. The van der Waals surface area contributed by atoms with Gasteiger partial charge in [0.1, 0.15) is 0 Å². The third-order valence-electron chi connectivity index (χ3n) is 3.42. The molecule has 0 saturated heterocycles. The van der Waals surface area contributed by atoms with E-state index in [9.17, 15) is 9.59 Å². The molecule has 0 heterocycles. The van der Waals surface area contributed by atoms with E-state index in [0.29, 0.717) is 17.2 Å². The third-order valence-corrected chi connectivity index (χ3v) is 3.42. The first-order chi connectivity index (χ1) is 12.6. The molecule has 0 fully saturated rings. The molecule has 0 aliphatic heterocycles. The van der Waals surface area contributed by atoms with Crippen LogP contribution in [0.2, 0.25) is 0 Å². The number of ether oxygens (including phenoxy) is 2. The van der Waals surface area contributed by atoms with Gasteiger partial charge in [0.05, 0.1) is 25.5 Å². The Kier molecular flexibility index (Phi) is 6.44. The van der Waals surface area contributed by atoms with E-state index < -0.39 is 11.8 Å². The molecule has 0 spiro atoms. The minimum absolute atomic E-state index is 0.205. The second-order valence-corrected chi connectivity index (χ2v) is 5.04. The molecule has 0 aromatic heterocycles. The van der Waals surface area contributed by atoms with Crippen molar-refractivity contribution in [3.05, 3.63) is 59.7 Å². The molecular weight excluding hydrogens is 336 g/mol. The van der Waals surface area contributed by atoms with Crippen LogP contribution in [0.4, 0.5) is 5.69 Å². The van der Waals surface area contributed by atoms with Gasteiger partial charge in [-0.2, -0.15) is 5.53 Å². The smallest absolute Gasteiger partial charge is 0.274 e. The van der Waals surface area contributed by atoms with Crippen LogP contribution in [0.25, 0.3) is 6.08 Å². The van der Waals surface area contributed by atoms with Crippen molar-refractivity contribution in [2.24, 2.45) is 5.22 Å². The van der Waals surface area contributed by atoms with Gasteiger partial charge in [-0.25, -0.2) is 5.43 Å². The van der Waals surface area contributed by atoms with E-state index >= 15 is 0 Å². The Morgan fingerprint density at radius 2 is 1.81 bits per heavy atom. The number of nitrogens with zero attached hydrogens (tertiary/aromatic N) is 1. The summed E-state index contributed by atoms with van der Waals surface area (Å²) in [5.74, 6) is 0.146. The van der Waals surface area contributed by atoms with Crippen LogP contribution in [0.5, 0.6) is 11.5 Å². The van der Waals surface area contributed by atoms with Gasteiger partial charge >= 0.3 is 0 Å². The lowest BCUT2D eigenvalue weighted by Gasteiger charge is -2.08. The predicted octanol–water partition coefficient (Wildman–Crippen LogP) is 3.03. The van der Waals surface area contributed by atoms with Crippen LogP contribution in [0, 0.1) is 5.53 Å². The third kappa shape index (κ3) is 4.67. The molecule has 0 saturated carbocycles. The summed E-state index contributed by atoms with van der Waals surface area (Å²) in [5.41, 5.74) is 9.98. The largest absolute Gasteiger partial charge is 0.493 e. The highest BCUT2D eigenvalue weighted by molar-refractivity contribution is 6.07. The predicted molar refractivity (Wildman–Crippen MR) is 96.3 cm³/mol. The van der Waals surface area contributed by atoms with E-state index in [1.807, 2.05) is 5.43 Å². The van der Waals surface area contributed by atoms with Gasteiger partial charge in [0.2, 0.25) is 5.91 Å². The molecule has 134 valence electrons. The summed E-state index contributed by atoms with van der Waals surface area (Å²) in [6.45, 7) is 0. The lowest BCUT2D eigenvalue weighted by atomic mass is 10.1. The van der Waals surface area contributed by atoms with Crippen LogP contribution >= 0.6 is 0 Å². The highest BCUT2D eigenvalue weighted by atomic mass is 16.5. The normalized spacial score (nSPS) is 10.2. The van der Waals surface area contributed by atoms with Gasteiger partial charge in [0.15, 0.2) is 11.5 Å². The van der Waals surface area contributed by atoms with Gasteiger partial charge in [-0.1, -0.05) is 23.4 Å². The molecule has 2 aromatic rings. The summed E-state index contributed by atoms with van der Waals surface area (Å²) in [5, 5.41) is 5.47. The quantitative estimate of drug-likeness (QED) is 0.403. The SMILES string of the molecule is COc1ccc(/C=C/C(=O)Nc2ccccc2C(=O)NN=N)cc1OC. The molecule has 2 aromatic carbocycles. The zero-order chi connectivity index (χ0) is 18.9. The van der Waals surface area contributed by atoms with E-state index in [1.54, 1.807) is 49.6 Å². The lowest BCUT2D eigenvalue weighted by Crippen LogP contribution is -2.19. The number of nitrogens with one attached hydrogen (secondary N) is 3. The summed E-state index contributed by atoms with van der Waals surface area (Å²) < 4.78 is 10.4. The molecule has 8 nitrogen and oxygen atoms in total. The fraction of sp³-hybridized carbons (Fsp3) is 0.111. The van der Waals surface area contributed by atoms with Crippen LogP contribution in [-0.4, -0.2) is 26.0 Å². The zero-order valence-corrected chi connectivity index (χ0v) is 14.3. The Balaban J connectivity index is 2.13. The number of hydrogen-bond donors (Lipinski definition) is 3. The number of carbonyl (C=O) groups excluding carboxylic acids is 2. The van der Waals surface area contributed by atoms with Gasteiger partial charge in [0.25, 0.3) is 5.91 Å². The van der Waals surface area contributed by atoms with Gasteiger partial charge < -0.3 is 14.8 Å². The fourth-order valence-corrected chi connectivity index (χ4v) is 2.20. The van der Waals surface area contributed by atoms with Crippen molar-refractivity contribution >= 4 is 23.6 Å². The molecule has 0 aliphatic carbocycles. The summed E-state index contributed by atoms with van der Waals surface area (Å²) >= 11 is 0. The van der Waals surface area contributed by atoms with E-state index in [0.717, 1.165) is 5.56 Å². The minimum Gasteiger partial charge on any atom is -0.493 e. The average Bonchev–Trinajstić information content (AvgIpc) is 2.66. The Hall–Kier alpha value is -3.68. The number of carbonyl (C=O) groups is 2. The van der Waals surface area contributed by atoms with E-state index in [4.69, 9.17) is 15.0 Å². The summed E-state index contributed by atoms with van der Waals surface area (Å²) in [7, 11) is 3.07. The van der Waals surface area contributed by atoms with Crippen molar-refractivity contribution in [3.63, 3.8) is 0 Å². The van der Waals surface area contributed by atoms with Crippen molar-refractivity contribution in [2.45, 2.75) is 0 Å². The van der Waals surface area contributed by atoms with Crippen molar-refractivity contribution in [1.29, 1.82) is 5.53 Å². The molecule has 2 amide bonds. The second kappa shape index (κ2) is 8.97. The zero-order valence-electron chi connectivity index (χ0n) is 14.3. The molecule has 0 unspecified atom stereocenters. The van der Waals surface area contributed by atoms with Crippen molar-refractivity contribution < 1.29 is 19.1 Å². The molecule has 2 rings (SSSR count). The maximum Gasteiger partial charge on any atom is 0.274 e. The molecule has 0 bridgehead atoms. The first-order valence-corrected chi connectivity index (χ1v) is 7.56. The number of para-hydroxylation sites is 1. The highest BCUT2D eigenvalue weighted by Crippen LogP contribution is 2.28. The molecule has 3 N–H and O–H groups in total. The summed E-state index contributed by atoms with van der Waals surface area (Å²) in [6.07, 6.45) is 2.95. The standard InChI is InChI=1S/C18H18N4O4/c1-25-15-9-7-12(11-16(15)26-2)8-10-17(23)20-14-6-4-3-5-13(14)18(24)21-22-19/h3-11H,1-2H3,(H,20,23)(H2,19,21,24)/b10-8+. The number of rotatable bonds is 7. The monoisotopic (exact) mass is 354 g/mol. The van der Waals surface area contributed by atoms with Crippen molar-refractivity contribution in [3.8, 4) is 11.5 Å².